The van der Waals surface area contributed by atoms with E-state index in [9.17, 15) is 9.59 Å². The molecule has 2 atom stereocenters. The molecule has 0 bridgehead atoms. The molecule has 0 unspecified atom stereocenters. The lowest BCUT2D eigenvalue weighted by Crippen LogP contribution is -2.34. The minimum absolute atomic E-state index is 0.254. The third-order valence-electron chi connectivity index (χ3n) is 3.80. The van der Waals surface area contributed by atoms with Gasteiger partial charge in [0.05, 0.1) is 18.9 Å². The van der Waals surface area contributed by atoms with Crippen molar-refractivity contribution in [3.8, 4) is 0 Å². The Bertz CT molecular complexity index is 455. The van der Waals surface area contributed by atoms with Crippen LogP contribution in [0.25, 0.3) is 0 Å². The van der Waals surface area contributed by atoms with Gasteiger partial charge in [-0.25, -0.2) is 0 Å². The number of rotatable bonds is 4. The van der Waals surface area contributed by atoms with Crippen molar-refractivity contribution in [2.45, 2.75) is 32.3 Å². The molecule has 1 saturated carbocycles. The molecule has 0 heterocycles. The SMILES string of the molecule is COC(=O)[C@@H]1CCCC[C@@H]1C(=O)OCc1ccccc1. The molecule has 4 heteroatoms. The smallest absolute Gasteiger partial charge is 0.310 e. The van der Waals surface area contributed by atoms with Crippen molar-refractivity contribution in [1.29, 1.82) is 0 Å². The molecule has 0 N–H and O–H groups in total. The highest BCUT2D eigenvalue weighted by molar-refractivity contribution is 5.82. The minimum atomic E-state index is -0.361. The summed E-state index contributed by atoms with van der Waals surface area (Å²) in [5.74, 6) is -1.30. The summed E-state index contributed by atoms with van der Waals surface area (Å²) in [6, 6.07) is 9.54. The van der Waals surface area contributed by atoms with Crippen LogP contribution in [0.2, 0.25) is 0 Å². The lowest BCUT2D eigenvalue weighted by Gasteiger charge is -2.27. The van der Waals surface area contributed by atoms with Crippen molar-refractivity contribution in [2.24, 2.45) is 11.8 Å². The second-order valence-electron chi connectivity index (χ2n) is 5.11. The lowest BCUT2D eigenvalue weighted by atomic mass is 9.79. The van der Waals surface area contributed by atoms with Gasteiger partial charge in [-0.1, -0.05) is 43.2 Å². The molecular formula is C16H20O4. The first kappa shape index (κ1) is 14.6. The van der Waals surface area contributed by atoms with E-state index in [-0.39, 0.29) is 30.4 Å². The van der Waals surface area contributed by atoms with Gasteiger partial charge >= 0.3 is 11.9 Å². The zero-order chi connectivity index (χ0) is 14.4. The number of carbonyl (C=O) groups excluding carboxylic acids is 2. The van der Waals surface area contributed by atoms with Crippen LogP contribution in [0.4, 0.5) is 0 Å². The van der Waals surface area contributed by atoms with E-state index in [1.807, 2.05) is 30.3 Å². The Labute approximate surface area is 119 Å². The topological polar surface area (TPSA) is 52.6 Å². The quantitative estimate of drug-likeness (QED) is 0.793. The Kier molecular flexibility index (Phi) is 5.16. The molecule has 20 heavy (non-hydrogen) atoms. The van der Waals surface area contributed by atoms with Crippen LogP contribution in [0.15, 0.2) is 30.3 Å². The molecular weight excluding hydrogens is 256 g/mol. The normalized spacial score (nSPS) is 22.1. The number of ether oxygens (including phenoxy) is 2. The third kappa shape index (κ3) is 3.59. The Morgan fingerprint density at radius 1 is 1.05 bits per heavy atom. The van der Waals surface area contributed by atoms with Crippen molar-refractivity contribution in [2.75, 3.05) is 7.11 Å². The molecule has 108 valence electrons. The Morgan fingerprint density at radius 3 is 2.25 bits per heavy atom. The Morgan fingerprint density at radius 2 is 1.65 bits per heavy atom. The van der Waals surface area contributed by atoms with Crippen molar-refractivity contribution < 1.29 is 19.1 Å². The zero-order valence-corrected chi connectivity index (χ0v) is 11.7. The molecule has 0 aliphatic heterocycles. The van der Waals surface area contributed by atoms with Crippen LogP contribution < -0.4 is 0 Å². The van der Waals surface area contributed by atoms with Crippen LogP contribution in [0.1, 0.15) is 31.2 Å². The van der Waals surface area contributed by atoms with Crippen LogP contribution in [-0.2, 0) is 25.7 Å². The van der Waals surface area contributed by atoms with Gasteiger partial charge < -0.3 is 9.47 Å². The first-order chi connectivity index (χ1) is 9.72. The summed E-state index contributed by atoms with van der Waals surface area (Å²) in [5, 5.41) is 0. The first-order valence-electron chi connectivity index (χ1n) is 7.00. The van der Waals surface area contributed by atoms with Crippen LogP contribution in [-0.4, -0.2) is 19.0 Å². The van der Waals surface area contributed by atoms with Crippen LogP contribution >= 0.6 is 0 Å². The molecule has 0 spiro atoms. The summed E-state index contributed by atoms with van der Waals surface area (Å²) >= 11 is 0. The van der Waals surface area contributed by atoms with Gasteiger partial charge in [-0.2, -0.15) is 0 Å². The Balaban J connectivity index is 1.94. The van der Waals surface area contributed by atoms with Gasteiger partial charge in [-0.05, 0) is 18.4 Å². The molecule has 1 aliphatic rings. The van der Waals surface area contributed by atoms with Crippen LogP contribution in [0.5, 0.6) is 0 Å². The molecule has 1 fully saturated rings. The molecule has 0 radical (unpaired) electrons. The maximum absolute atomic E-state index is 12.2. The summed E-state index contributed by atoms with van der Waals surface area (Å²) in [4.78, 5) is 23.9. The summed E-state index contributed by atoms with van der Waals surface area (Å²) in [7, 11) is 1.36. The monoisotopic (exact) mass is 276 g/mol. The van der Waals surface area contributed by atoms with E-state index in [2.05, 4.69) is 0 Å². The van der Waals surface area contributed by atoms with E-state index in [4.69, 9.17) is 9.47 Å². The van der Waals surface area contributed by atoms with Gasteiger partial charge in [-0.3, -0.25) is 9.59 Å². The zero-order valence-electron chi connectivity index (χ0n) is 11.7. The molecule has 4 nitrogen and oxygen atoms in total. The summed E-state index contributed by atoms with van der Waals surface area (Å²) in [6.45, 7) is 0.254. The second kappa shape index (κ2) is 7.08. The van der Waals surface area contributed by atoms with Gasteiger partial charge in [0.15, 0.2) is 0 Å². The highest BCUT2D eigenvalue weighted by Gasteiger charge is 2.37. The second-order valence-corrected chi connectivity index (χ2v) is 5.11. The fourth-order valence-corrected chi connectivity index (χ4v) is 2.68. The molecule has 1 aromatic rings. The van der Waals surface area contributed by atoms with E-state index in [0.29, 0.717) is 12.8 Å². The number of benzene rings is 1. The molecule has 0 amide bonds. The van der Waals surface area contributed by atoms with E-state index >= 15 is 0 Å². The summed E-state index contributed by atoms with van der Waals surface area (Å²) in [6.07, 6.45) is 3.33. The number of methoxy groups -OCH3 is 1. The van der Waals surface area contributed by atoms with Crippen molar-refractivity contribution in [3.05, 3.63) is 35.9 Å². The van der Waals surface area contributed by atoms with Crippen molar-refractivity contribution in [3.63, 3.8) is 0 Å². The fraction of sp³-hybridized carbons (Fsp3) is 0.500. The Hall–Kier alpha value is -1.84. The molecule has 0 aromatic heterocycles. The maximum atomic E-state index is 12.2. The summed E-state index contributed by atoms with van der Waals surface area (Å²) < 4.78 is 10.1. The fourth-order valence-electron chi connectivity index (χ4n) is 2.68. The van der Waals surface area contributed by atoms with Crippen molar-refractivity contribution in [1.82, 2.24) is 0 Å². The number of hydrogen-bond donors (Lipinski definition) is 0. The van der Waals surface area contributed by atoms with Gasteiger partial charge in [0.1, 0.15) is 6.61 Å². The average molecular weight is 276 g/mol. The predicted molar refractivity (Wildman–Crippen MR) is 73.7 cm³/mol. The van der Waals surface area contributed by atoms with Gasteiger partial charge in [0.25, 0.3) is 0 Å². The molecule has 0 saturated heterocycles. The number of carbonyl (C=O) groups is 2. The maximum Gasteiger partial charge on any atom is 0.310 e. The van der Waals surface area contributed by atoms with E-state index in [1.54, 1.807) is 0 Å². The molecule has 2 rings (SSSR count). The standard InChI is InChI=1S/C16H20O4/c1-19-15(17)13-9-5-6-10-14(13)16(18)20-11-12-7-3-2-4-8-12/h2-4,7-8,13-14H,5-6,9-11H2,1H3/t13-,14+/m1/s1. The van der Waals surface area contributed by atoms with Gasteiger partial charge in [0, 0.05) is 0 Å². The highest BCUT2D eigenvalue weighted by Crippen LogP contribution is 2.32. The van der Waals surface area contributed by atoms with Crippen LogP contribution in [0, 0.1) is 11.8 Å². The number of hydrogen-bond acceptors (Lipinski definition) is 4. The summed E-state index contributed by atoms with van der Waals surface area (Å²) in [5.41, 5.74) is 0.950. The minimum Gasteiger partial charge on any atom is -0.469 e. The molecule has 1 aromatic carbocycles. The number of esters is 2. The third-order valence-corrected chi connectivity index (χ3v) is 3.80. The predicted octanol–water partition coefficient (Wildman–Crippen LogP) is 2.71. The van der Waals surface area contributed by atoms with E-state index in [0.717, 1.165) is 18.4 Å². The van der Waals surface area contributed by atoms with E-state index < -0.39 is 0 Å². The lowest BCUT2D eigenvalue weighted by molar-refractivity contribution is -0.162. The largest absolute Gasteiger partial charge is 0.469 e. The average Bonchev–Trinajstić information content (AvgIpc) is 2.52. The first-order valence-corrected chi connectivity index (χ1v) is 7.00. The van der Waals surface area contributed by atoms with E-state index in [1.165, 1.54) is 7.11 Å². The van der Waals surface area contributed by atoms with Crippen molar-refractivity contribution >= 4 is 11.9 Å². The van der Waals surface area contributed by atoms with Crippen LogP contribution in [0.3, 0.4) is 0 Å². The highest BCUT2D eigenvalue weighted by atomic mass is 16.5. The van der Waals surface area contributed by atoms with Gasteiger partial charge in [0.2, 0.25) is 0 Å². The van der Waals surface area contributed by atoms with Gasteiger partial charge in [-0.15, -0.1) is 0 Å². The molecule has 1 aliphatic carbocycles.